The van der Waals surface area contributed by atoms with Crippen LogP contribution in [0.5, 0.6) is 0 Å². The van der Waals surface area contributed by atoms with Crippen LogP contribution in [0.4, 0.5) is 0 Å². The van der Waals surface area contributed by atoms with E-state index in [1.807, 2.05) is 38.1 Å². The number of amides is 1. The Bertz CT molecular complexity index is 489. The first-order valence-corrected chi connectivity index (χ1v) is 6.83. The van der Waals surface area contributed by atoms with Crippen LogP contribution >= 0.6 is 0 Å². The summed E-state index contributed by atoms with van der Waals surface area (Å²) in [5.74, 6) is 5.69. The fourth-order valence-corrected chi connectivity index (χ4v) is 1.71. The highest BCUT2D eigenvalue weighted by Gasteiger charge is 2.09. The summed E-state index contributed by atoms with van der Waals surface area (Å²) in [5.41, 5.74) is 7.26. The van der Waals surface area contributed by atoms with Gasteiger partial charge in [0.25, 0.3) is 0 Å². The third kappa shape index (κ3) is 5.87. The molecule has 0 fully saturated rings. The van der Waals surface area contributed by atoms with Gasteiger partial charge >= 0.3 is 0 Å². The molecule has 0 aliphatic heterocycles. The van der Waals surface area contributed by atoms with E-state index in [1.165, 1.54) is 0 Å². The maximum atomic E-state index is 11.7. The van der Waals surface area contributed by atoms with Crippen LogP contribution < -0.4 is 11.1 Å². The SMILES string of the molecule is CCCOCC(=O)NC(C)c1cccc(C#CCN)c1. The van der Waals surface area contributed by atoms with Crippen LogP contribution in [-0.4, -0.2) is 25.7 Å². The molecule has 0 saturated heterocycles. The summed E-state index contributed by atoms with van der Waals surface area (Å²) in [6, 6.07) is 7.69. The highest BCUT2D eigenvalue weighted by Crippen LogP contribution is 2.13. The highest BCUT2D eigenvalue weighted by molar-refractivity contribution is 5.77. The molecule has 1 aromatic carbocycles. The third-order valence-electron chi connectivity index (χ3n) is 2.68. The van der Waals surface area contributed by atoms with Crippen molar-refractivity contribution in [1.29, 1.82) is 0 Å². The second kappa shape index (κ2) is 9.13. The zero-order valence-electron chi connectivity index (χ0n) is 12.1. The van der Waals surface area contributed by atoms with Gasteiger partial charge in [-0.2, -0.15) is 0 Å². The van der Waals surface area contributed by atoms with Crippen molar-refractivity contribution in [2.45, 2.75) is 26.3 Å². The molecule has 0 saturated carbocycles. The molecular formula is C16H22N2O2. The second-order valence-corrected chi connectivity index (χ2v) is 4.47. The van der Waals surface area contributed by atoms with E-state index in [4.69, 9.17) is 10.5 Å². The Hall–Kier alpha value is -1.83. The number of rotatable bonds is 6. The Balaban J connectivity index is 2.58. The summed E-state index contributed by atoms with van der Waals surface area (Å²) in [5, 5.41) is 2.90. The molecule has 1 aromatic rings. The smallest absolute Gasteiger partial charge is 0.246 e. The predicted octanol–water partition coefficient (Wildman–Crippen LogP) is 1.60. The minimum atomic E-state index is -0.107. The molecule has 4 heteroatoms. The van der Waals surface area contributed by atoms with Crippen LogP contribution in [0.1, 0.15) is 37.4 Å². The number of carbonyl (C=O) groups is 1. The fraction of sp³-hybridized carbons (Fsp3) is 0.438. The molecule has 1 atom stereocenters. The van der Waals surface area contributed by atoms with Gasteiger partial charge in [0.05, 0.1) is 12.6 Å². The molecule has 0 heterocycles. The van der Waals surface area contributed by atoms with Crippen LogP contribution in [0.25, 0.3) is 0 Å². The average molecular weight is 274 g/mol. The van der Waals surface area contributed by atoms with Crippen LogP contribution in [-0.2, 0) is 9.53 Å². The monoisotopic (exact) mass is 274 g/mol. The zero-order valence-corrected chi connectivity index (χ0v) is 12.1. The number of nitrogens with one attached hydrogen (secondary N) is 1. The summed E-state index contributed by atoms with van der Waals surface area (Å²) in [7, 11) is 0. The summed E-state index contributed by atoms with van der Waals surface area (Å²) >= 11 is 0. The predicted molar refractivity (Wildman–Crippen MR) is 80.0 cm³/mol. The summed E-state index contributed by atoms with van der Waals surface area (Å²) in [6.07, 6.45) is 0.907. The molecule has 0 radical (unpaired) electrons. The molecule has 0 bridgehead atoms. The van der Waals surface area contributed by atoms with Crippen LogP contribution in [0.2, 0.25) is 0 Å². The summed E-state index contributed by atoms with van der Waals surface area (Å²) in [6.45, 7) is 4.99. The Morgan fingerprint density at radius 1 is 1.50 bits per heavy atom. The average Bonchev–Trinajstić information content (AvgIpc) is 2.45. The van der Waals surface area contributed by atoms with Crippen molar-refractivity contribution in [2.24, 2.45) is 5.73 Å². The van der Waals surface area contributed by atoms with Crippen LogP contribution in [0.3, 0.4) is 0 Å². The van der Waals surface area contributed by atoms with E-state index in [2.05, 4.69) is 17.2 Å². The number of benzene rings is 1. The van der Waals surface area contributed by atoms with Crippen LogP contribution in [0.15, 0.2) is 24.3 Å². The van der Waals surface area contributed by atoms with Crippen molar-refractivity contribution in [3.63, 3.8) is 0 Å². The molecule has 0 spiro atoms. The van der Waals surface area contributed by atoms with E-state index in [1.54, 1.807) is 0 Å². The topological polar surface area (TPSA) is 64.3 Å². The molecule has 1 rings (SSSR count). The highest BCUT2D eigenvalue weighted by atomic mass is 16.5. The lowest BCUT2D eigenvalue weighted by atomic mass is 10.1. The van der Waals surface area contributed by atoms with Gasteiger partial charge in [0.2, 0.25) is 5.91 Å². The van der Waals surface area contributed by atoms with E-state index in [0.29, 0.717) is 13.2 Å². The van der Waals surface area contributed by atoms with Crippen molar-refractivity contribution in [3.8, 4) is 11.8 Å². The van der Waals surface area contributed by atoms with E-state index >= 15 is 0 Å². The Morgan fingerprint density at radius 2 is 2.30 bits per heavy atom. The maximum Gasteiger partial charge on any atom is 0.246 e. The number of carbonyl (C=O) groups excluding carboxylic acids is 1. The van der Waals surface area contributed by atoms with Gasteiger partial charge in [-0.25, -0.2) is 0 Å². The lowest BCUT2D eigenvalue weighted by molar-refractivity contribution is -0.126. The molecule has 1 amide bonds. The maximum absolute atomic E-state index is 11.7. The number of ether oxygens (including phenoxy) is 1. The zero-order chi connectivity index (χ0) is 14.8. The first-order valence-electron chi connectivity index (χ1n) is 6.83. The lowest BCUT2D eigenvalue weighted by Gasteiger charge is -2.14. The van der Waals surface area contributed by atoms with Gasteiger partial charge in [0.15, 0.2) is 0 Å². The molecule has 0 aromatic heterocycles. The van der Waals surface area contributed by atoms with Gasteiger partial charge in [-0.05, 0) is 31.0 Å². The molecule has 3 N–H and O–H groups in total. The van der Waals surface area contributed by atoms with Gasteiger partial charge in [-0.3, -0.25) is 4.79 Å². The van der Waals surface area contributed by atoms with Crippen molar-refractivity contribution in [3.05, 3.63) is 35.4 Å². The van der Waals surface area contributed by atoms with Crippen molar-refractivity contribution >= 4 is 5.91 Å². The van der Waals surface area contributed by atoms with E-state index < -0.39 is 0 Å². The van der Waals surface area contributed by atoms with Gasteiger partial charge < -0.3 is 15.8 Å². The molecule has 1 unspecified atom stereocenters. The van der Waals surface area contributed by atoms with Crippen molar-refractivity contribution < 1.29 is 9.53 Å². The quantitative estimate of drug-likeness (QED) is 0.612. The Morgan fingerprint density at radius 3 is 3.00 bits per heavy atom. The minimum Gasteiger partial charge on any atom is -0.372 e. The fourth-order valence-electron chi connectivity index (χ4n) is 1.71. The molecule has 108 valence electrons. The summed E-state index contributed by atoms with van der Waals surface area (Å²) < 4.78 is 5.21. The van der Waals surface area contributed by atoms with Crippen LogP contribution in [0, 0.1) is 11.8 Å². The standard InChI is InChI=1S/C16H22N2O2/c1-3-10-20-12-16(19)18-13(2)15-8-4-6-14(11-15)7-5-9-17/h4,6,8,11,13H,3,9-10,12,17H2,1-2H3,(H,18,19). The molecule has 0 aliphatic rings. The van der Waals surface area contributed by atoms with Gasteiger partial charge in [-0.15, -0.1) is 0 Å². The summed E-state index contributed by atoms with van der Waals surface area (Å²) in [4.78, 5) is 11.7. The van der Waals surface area contributed by atoms with Gasteiger partial charge in [0.1, 0.15) is 6.61 Å². The Labute approximate surface area is 120 Å². The number of hydrogen-bond acceptors (Lipinski definition) is 3. The van der Waals surface area contributed by atoms with E-state index in [-0.39, 0.29) is 18.6 Å². The van der Waals surface area contributed by atoms with E-state index in [9.17, 15) is 4.79 Å². The van der Waals surface area contributed by atoms with Crippen molar-refractivity contribution in [1.82, 2.24) is 5.32 Å². The van der Waals surface area contributed by atoms with Gasteiger partial charge in [-0.1, -0.05) is 30.9 Å². The van der Waals surface area contributed by atoms with Gasteiger partial charge in [0, 0.05) is 12.2 Å². The largest absolute Gasteiger partial charge is 0.372 e. The normalized spacial score (nSPS) is 11.3. The first-order chi connectivity index (χ1) is 9.67. The second-order valence-electron chi connectivity index (χ2n) is 4.47. The molecular weight excluding hydrogens is 252 g/mol. The first kappa shape index (κ1) is 16.2. The number of hydrogen-bond donors (Lipinski definition) is 2. The van der Waals surface area contributed by atoms with E-state index in [0.717, 1.165) is 17.5 Å². The molecule has 0 aliphatic carbocycles. The number of nitrogens with two attached hydrogens (primary N) is 1. The molecule has 20 heavy (non-hydrogen) atoms. The third-order valence-corrected chi connectivity index (χ3v) is 2.68. The minimum absolute atomic E-state index is 0.0765. The van der Waals surface area contributed by atoms with Crippen molar-refractivity contribution in [2.75, 3.05) is 19.8 Å². The molecule has 4 nitrogen and oxygen atoms in total. The Kier molecular flexibility index (Phi) is 7.41. The lowest BCUT2D eigenvalue weighted by Crippen LogP contribution is -2.30.